The van der Waals surface area contributed by atoms with Crippen LogP contribution in [0.1, 0.15) is 43.9 Å². The van der Waals surface area contributed by atoms with E-state index in [1.54, 1.807) is 6.07 Å². The first-order valence-corrected chi connectivity index (χ1v) is 7.31. The second-order valence-corrected chi connectivity index (χ2v) is 6.08. The van der Waals surface area contributed by atoms with Gasteiger partial charge in [-0.2, -0.15) is 0 Å². The van der Waals surface area contributed by atoms with E-state index in [9.17, 15) is 9.90 Å². The molecule has 0 saturated heterocycles. The predicted molar refractivity (Wildman–Crippen MR) is 79.4 cm³/mol. The molecule has 1 aromatic rings. The third-order valence-electron chi connectivity index (χ3n) is 3.81. The molecule has 0 spiro atoms. The summed E-state index contributed by atoms with van der Waals surface area (Å²) in [5.74, 6) is 0.517. The Bertz CT molecular complexity index is 485. The fourth-order valence-corrected chi connectivity index (χ4v) is 3.13. The number of phenolic OH excluding ortho intramolecular Hbond substituents is 1. The lowest BCUT2D eigenvalue weighted by Crippen LogP contribution is -2.40. The van der Waals surface area contributed by atoms with E-state index in [1.165, 1.54) is 11.1 Å². The van der Waals surface area contributed by atoms with Crippen molar-refractivity contribution >= 4 is 5.91 Å². The second-order valence-electron chi connectivity index (χ2n) is 6.08. The van der Waals surface area contributed by atoms with E-state index in [4.69, 9.17) is 5.73 Å². The molecule has 0 heterocycles. The Morgan fingerprint density at radius 2 is 2.25 bits per heavy atom. The van der Waals surface area contributed by atoms with Gasteiger partial charge in [-0.15, -0.1) is 0 Å². The Morgan fingerprint density at radius 3 is 2.90 bits per heavy atom. The van der Waals surface area contributed by atoms with Crippen molar-refractivity contribution in [3.05, 3.63) is 29.3 Å². The summed E-state index contributed by atoms with van der Waals surface area (Å²) in [6.07, 6.45) is 3.11. The molecule has 20 heavy (non-hydrogen) atoms. The van der Waals surface area contributed by atoms with E-state index in [2.05, 4.69) is 18.7 Å². The molecule has 3 N–H and O–H groups in total. The van der Waals surface area contributed by atoms with E-state index in [0.29, 0.717) is 18.2 Å². The largest absolute Gasteiger partial charge is 0.508 e. The second kappa shape index (κ2) is 6.27. The molecule has 0 aromatic heterocycles. The first kappa shape index (κ1) is 14.9. The number of benzene rings is 1. The monoisotopic (exact) mass is 276 g/mol. The number of hydrogen-bond acceptors (Lipinski definition) is 3. The smallest absolute Gasteiger partial charge is 0.231 e. The van der Waals surface area contributed by atoms with Gasteiger partial charge in [0, 0.05) is 12.6 Å². The van der Waals surface area contributed by atoms with Gasteiger partial charge in [0.2, 0.25) is 5.91 Å². The van der Waals surface area contributed by atoms with Crippen LogP contribution in [0.2, 0.25) is 0 Å². The lowest BCUT2D eigenvalue weighted by atomic mass is 9.86. The quantitative estimate of drug-likeness (QED) is 0.866. The third kappa shape index (κ3) is 3.51. The Morgan fingerprint density at radius 1 is 1.50 bits per heavy atom. The minimum Gasteiger partial charge on any atom is -0.508 e. The summed E-state index contributed by atoms with van der Waals surface area (Å²) < 4.78 is 0. The molecule has 1 amide bonds. The number of phenols is 1. The number of primary amides is 1. The first-order chi connectivity index (χ1) is 9.47. The average Bonchev–Trinajstić information content (AvgIpc) is 2.35. The van der Waals surface area contributed by atoms with E-state index < -0.39 is 0 Å². The van der Waals surface area contributed by atoms with Gasteiger partial charge in [-0.1, -0.05) is 19.9 Å². The van der Waals surface area contributed by atoms with Gasteiger partial charge in [0.15, 0.2) is 0 Å². The molecule has 2 rings (SSSR count). The van der Waals surface area contributed by atoms with Crippen LogP contribution in [0.5, 0.6) is 5.75 Å². The molecule has 0 bridgehead atoms. The molecule has 0 aliphatic heterocycles. The Labute approximate surface area is 120 Å². The molecule has 1 aliphatic rings. The van der Waals surface area contributed by atoms with Gasteiger partial charge in [-0.05, 0) is 48.4 Å². The number of fused-ring (bicyclic) bond motifs is 1. The summed E-state index contributed by atoms with van der Waals surface area (Å²) in [5.41, 5.74) is 7.83. The van der Waals surface area contributed by atoms with Crippen LogP contribution in [0.25, 0.3) is 0 Å². The van der Waals surface area contributed by atoms with Crippen LogP contribution in [0.3, 0.4) is 0 Å². The Kier molecular flexibility index (Phi) is 4.65. The van der Waals surface area contributed by atoms with Gasteiger partial charge < -0.3 is 10.8 Å². The maximum atomic E-state index is 11.3. The molecule has 0 radical (unpaired) electrons. The van der Waals surface area contributed by atoms with Crippen molar-refractivity contribution in [1.29, 1.82) is 0 Å². The number of hydrogen-bond donors (Lipinski definition) is 2. The summed E-state index contributed by atoms with van der Waals surface area (Å²) in [4.78, 5) is 13.5. The summed E-state index contributed by atoms with van der Waals surface area (Å²) >= 11 is 0. The highest BCUT2D eigenvalue weighted by molar-refractivity contribution is 5.76. The zero-order chi connectivity index (χ0) is 14.7. The molecule has 1 aliphatic carbocycles. The summed E-state index contributed by atoms with van der Waals surface area (Å²) in [5, 5.41) is 9.62. The minimum atomic E-state index is -0.281. The maximum absolute atomic E-state index is 11.3. The lowest BCUT2D eigenvalue weighted by molar-refractivity contribution is -0.120. The van der Waals surface area contributed by atoms with Crippen molar-refractivity contribution in [2.75, 3.05) is 13.1 Å². The number of carbonyl (C=O) groups excluding carboxylic acids is 1. The highest BCUT2D eigenvalue weighted by Crippen LogP contribution is 2.36. The molecule has 4 nitrogen and oxygen atoms in total. The lowest BCUT2D eigenvalue weighted by Gasteiger charge is -2.36. The van der Waals surface area contributed by atoms with Gasteiger partial charge in [0.25, 0.3) is 0 Å². The summed E-state index contributed by atoms with van der Waals surface area (Å²) in [7, 11) is 0. The van der Waals surface area contributed by atoms with Crippen molar-refractivity contribution in [1.82, 2.24) is 4.90 Å². The minimum absolute atomic E-state index is 0.231. The zero-order valence-electron chi connectivity index (χ0n) is 12.3. The van der Waals surface area contributed by atoms with E-state index in [1.807, 2.05) is 12.1 Å². The average molecular weight is 276 g/mol. The van der Waals surface area contributed by atoms with Gasteiger partial charge in [0.1, 0.15) is 5.75 Å². The number of amides is 1. The van der Waals surface area contributed by atoms with Crippen molar-refractivity contribution in [3.63, 3.8) is 0 Å². The maximum Gasteiger partial charge on any atom is 0.231 e. The fourth-order valence-electron chi connectivity index (χ4n) is 3.13. The molecule has 1 atom stereocenters. The van der Waals surface area contributed by atoms with E-state index in [0.717, 1.165) is 25.8 Å². The van der Waals surface area contributed by atoms with Gasteiger partial charge in [0.05, 0.1) is 6.54 Å². The van der Waals surface area contributed by atoms with Crippen LogP contribution in [0.15, 0.2) is 18.2 Å². The highest BCUT2D eigenvalue weighted by Gasteiger charge is 2.27. The molecule has 0 fully saturated rings. The number of aryl methyl sites for hydroxylation is 1. The topological polar surface area (TPSA) is 66.6 Å². The number of rotatable bonds is 5. The van der Waals surface area contributed by atoms with Gasteiger partial charge in [-0.3, -0.25) is 9.69 Å². The normalized spacial score (nSPS) is 18.3. The van der Waals surface area contributed by atoms with Crippen molar-refractivity contribution in [3.8, 4) is 5.75 Å². The van der Waals surface area contributed by atoms with Crippen LogP contribution in [0.4, 0.5) is 0 Å². The highest BCUT2D eigenvalue weighted by atomic mass is 16.3. The third-order valence-corrected chi connectivity index (χ3v) is 3.81. The molecule has 0 saturated carbocycles. The first-order valence-electron chi connectivity index (χ1n) is 7.31. The summed E-state index contributed by atoms with van der Waals surface area (Å²) in [6, 6.07) is 5.80. The van der Waals surface area contributed by atoms with Crippen LogP contribution >= 0.6 is 0 Å². The number of carbonyl (C=O) groups is 1. The van der Waals surface area contributed by atoms with Gasteiger partial charge in [-0.25, -0.2) is 0 Å². The van der Waals surface area contributed by atoms with Gasteiger partial charge >= 0.3 is 0 Å². The van der Waals surface area contributed by atoms with E-state index in [-0.39, 0.29) is 11.9 Å². The standard InChI is InChI=1S/C16H24N2O2/c1-11(2)9-18(10-16(17)20)15-5-3-4-12-8-13(19)6-7-14(12)15/h6-8,11,15,19H,3-5,9-10H2,1-2H3,(H2,17,20). The fraction of sp³-hybridized carbons (Fsp3) is 0.562. The zero-order valence-corrected chi connectivity index (χ0v) is 12.3. The molecular weight excluding hydrogens is 252 g/mol. The van der Waals surface area contributed by atoms with Crippen LogP contribution in [0, 0.1) is 5.92 Å². The predicted octanol–water partition coefficient (Wildman–Crippen LogP) is 2.21. The van der Waals surface area contributed by atoms with E-state index >= 15 is 0 Å². The number of aromatic hydroxyl groups is 1. The van der Waals surface area contributed by atoms with Crippen molar-refractivity contribution in [2.24, 2.45) is 11.7 Å². The Hall–Kier alpha value is -1.55. The number of nitrogens with zero attached hydrogens (tertiary/aromatic N) is 1. The number of nitrogens with two attached hydrogens (primary N) is 1. The van der Waals surface area contributed by atoms with Crippen LogP contribution in [-0.4, -0.2) is 29.0 Å². The molecule has 110 valence electrons. The van der Waals surface area contributed by atoms with Crippen molar-refractivity contribution < 1.29 is 9.90 Å². The molecule has 4 heteroatoms. The van der Waals surface area contributed by atoms with Crippen LogP contribution < -0.4 is 5.73 Å². The molecular formula is C16H24N2O2. The SMILES string of the molecule is CC(C)CN(CC(N)=O)C1CCCc2cc(O)ccc21. The van der Waals surface area contributed by atoms with Crippen LogP contribution in [-0.2, 0) is 11.2 Å². The molecule has 1 aromatic carbocycles. The summed E-state index contributed by atoms with van der Waals surface area (Å²) in [6.45, 7) is 5.44. The molecule has 1 unspecified atom stereocenters. The van der Waals surface area contributed by atoms with Crippen molar-refractivity contribution in [2.45, 2.75) is 39.2 Å². The Balaban J connectivity index is 2.28.